The van der Waals surface area contributed by atoms with Crippen LogP contribution < -0.4 is 10.1 Å². The van der Waals surface area contributed by atoms with Gasteiger partial charge in [0, 0.05) is 25.1 Å². The summed E-state index contributed by atoms with van der Waals surface area (Å²) in [6.45, 7) is 3.67. The highest BCUT2D eigenvalue weighted by Gasteiger charge is 2.29. The number of hydrogen-bond donors (Lipinski definition) is 1. The normalized spacial score (nSPS) is 12.8. The summed E-state index contributed by atoms with van der Waals surface area (Å²) in [5.74, 6) is -3.52. The molecule has 1 N–H and O–H groups in total. The molecule has 0 aliphatic carbocycles. The maximum atomic E-state index is 14.7. The van der Waals surface area contributed by atoms with Gasteiger partial charge < -0.3 is 10.1 Å². The zero-order valence-electron chi connectivity index (χ0n) is 18.1. The van der Waals surface area contributed by atoms with E-state index in [9.17, 15) is 27.2 Å². The number of alkyl halides is 5. The Balaban J connectivity index is 2.86. The number of ether oxygens (including phenoxy) is 1. The van der Waals surface area contributed by atoms with Gasteiger partial charge in [0.2, 0.25) is 0 Å². The highest BCUT2D eigenvalue weighted by atomic mass is 19.3. The Hall–Kier alpha value is -3.34. The van der Waals surface area contributed by atoms with E-state index in [1.54, 1.807) is 0 Å². The molecule has 2 aromatic carbocycles. The van der Waals surface area contributed by atoms with E-state index in [1.807, 2.05) is 6.07 Å². The molecule has 3 nitrogen and oxygen atoms in total. The van der Waals surface area contributed by atoms with Crippen LogP contribution in [0.4, 0.5) is 22.0 Å². The summed E-state index contributed by atoms with van der Waals surface area (Å²) in [4.78, 5) is 0. The highest BCUT2D eigenvalue weighted by Crippen LogP contribution is 2.38. The van der Waals surface area contributed by atoms with Crippen molar-refractivity contribution in [3.05, 3.63) is 71.4 Å². The largest absolute Gasteiger partial charge is 0.435 e. The van der Waals surface area contributed by atoms with Gasteiger partial charge in [0.1, 0.15) is 23.2 Å². The van der Waals surface area contributed by atoms with Crippen LogP contribution in [0, 0.1) is 11.3 Å². The van der Waals surface area contributed by atoms with Crippen molar-refractivity contribution in [1.29, 1.82) is 5.26 Å². The molecule has 2 rings (SSSR count). The fourth-order valence-electron chi connectivity index (χ4n) is 3.10. The van der Waals surface area contributed by atoms with Gasteiger partial charge in [0.25, 0.3) is 5.92 Å². The van der Waals surface area contributed by atoms with Crippen molar-refractivity contribution >= 4 is 5.57 Å². The average Bonchev–Trinajstić information content (AvgIpc) is 2.69. The van der Waals surface area contributed by atoms with Crippen molar-refractivity contribution < 1.29 is 26.7 Å². The fraction of sp³-hybridized carbons (Fsp3) is 0.292. The van der Waals surface area contributed by atoms with Crippen molar-refractivity contribution in [2.45, 2.75) is 39.0 Å². The van der Waals surface area contributed by atoms with Gasteiger partial charge in [0.05, 0.1) is 0 Å². The number of benzene rings is 2. The molecule has 0 unspecified atom stereocenters. The van der Waals surface area contributed by atoms with Crippen molar-refractivity contribution in [3.63, 3.8) is 0 Å². The summed E-state index contributed by atoms with van der Waals surface area (Å²) in [5.41, 5.74) is -1.26. The zero-order valence-corrected chi connectivity index (χ0v) is 18.1. The molecule has 2 aromatic rings. The topological polar surface area (TPSA) is 45.0 Å². The minimum absolute atomic E-state index is 0.000631. The van der Waals surface area contributed by atoms with Gasteiger partial charge in [-0.3, -0.25) is 0 Å². The molecule has 0 saturated carbocycles. The SMILES string of the molecule is C=C/C(=C(/C#N)NC)c1cc(OC(F)F)cc(-c2cc(C(C)(C)F)cc(C(C)(F)F)c2)c1. The minimum atomic E-state index is -3.26. The Kier molecular flexibility index (Phi) is 7.34. The van der Waals surface area contributed by atoms with Crippen LogP contribution in [0.25, 0.3) is 16.7 Å². The smallest absolute Gasteiger partial charge is 0.387 e. The van der Waals surface area contributed by atoms with Crippen molar-refractivity contribution in [2.24, 2.45) is 0 Å². The van der Waals surface area contributed by atoms with Crippen LogP contribution in [0.5, 0.6) is 5.75 Å². The van der Waals surface area contributed by atoms with Crippen LogP contribution in [-0.2, 0) is 11.6 Å². The molecule has 32 heavy (non-hydrogen) atoms. The summed E-state index contributed by atoms with van der Waals surface area (Å²) in [6.07, 6.45) is 1.35. The van der Waals surface area contributed by atoms with Crippen molar-refractivity contribution in [3.8, 4) is 22.9 Å². The number of nitriles is 1. The van der Waals surface area contributed by atoms with E-state index in [-0.39, 0.29) is 33.7 Å². The summed E-state index contributed by atoms with van der Waals surface area (Å²) >= 11 is 0. The first kappa shape index (κ1) is 24.9. The molecular formula is C24H23F5N2O. The van der Waals surface area contributed by atoms with Gasteiger partial charge in [-0.1, -0.05) is 12.7 Å². The molecule has 0 aliphatic heterocycles. The number of allylic oxidation sites excluding steroid dienone is 3. The first-order valence-electron chi connectivity index (χ1n) is 9.58. The molecule has 170 valence electrons. The van der Waals surface area contributed by atoms with Gasteiger partial charge in [-0.05, 0) is 72.5 Å². The van der Waals surface area contributed by atoms with Gasteiger partial charge in [-0.25, -0.2) is 13.2 Å². The molecule has 0 heterocycles. The standard InChI is InChI=1S/C24H23F5N2O/c1-6-20(21(13-30)31-5)16-7-14(10-19(11-16)32-22(25)26)15-8-17(23(2,3)27)12-18(9-15)24(4,28)29/h6-12,22,31H,1H2,2-5H3/b21-20+. The van der Waals surface area contributed by atoms with Crippen LogP contribution in [0.2, 0.25) is 0 Å². The monoisotopic (exact) mass is 450 g/mol. The van der Waals surface area contributed by atoms with Gasteiger partial charge >= 0.3 is 6.61 Å². The number of nitrogens with zero attached hydrogens (tertiary/aromatic N) is 1. The molecule has 0 fully saturated rings. The quantitative estimate of drug-likeness (QED) is 0.270. The second kappa shape index (κ2) is 9.43. The lowest BCUT2D eigenvalue weighted by molar-refractivity contribution is -0.0498. The van der Waals surface area contributed by atoms with E-state index in [0.717, 1.165) is 6.07 Å². The van der Waals surface area contributed by atoms with E-state index in [4.69, 9.17) is 0 Å². The lowest BCUT2D eigenvalue weighted by Gasteiger charge is -2.21. The lowest BCUT2D eigenvalue weighted by atomic mass is 9.90. The maximum absolute atomic E-state index is 14.7. The van der Waals surface area contributed by atoms with Crippen LogP contribution in [0.3, 0.4) is 0 Å². The molecule has 0 atom stereocenters. The van der Waals surface area contributed by atoms with Gasteiger partial charge in [0.15, 0.2) is 0 Å². The second-order valence-corrected chi connectivity index (χ2v) is 7.64. The third kappa shape index (κ3) is 5.88. The van der Waals surface area contributed by atoms with Crippen LogP contribution in [0.1, 0.15) is 37.5 Å². The predicted octanol–water partition coefficient (Wildman–Crippen LogP) is 6.91. The molecule has 0 aromatic heterocycles. The van der Waals surface area contributed by atoms with Gasteiger partial charge in [-0.2, -0.15) is 14.0 Å². The van der Waals surface area contributed by atoms with E-state index >= 15 is 0 Å². The fourth-order valence-corrected chi connectivity index (χ4v) is 3.10. The zero-order chi connectivity index (χ0) is 24.3. The Bertz CT molecular complexity index is 1040. The molecule has 8 heteroatoms. The highest BCUT2D eigenvalue weighted by molar-refractivity contribution is 5.82. The van der Waals surface area contributed by atoms with Crippen LogP contribution >= 0.6 is 0 Å². The number of halogens is 5. The molecule has 0 saturated heterocycles. The van der Waals surface area contributed by atoms with Gasteiger partial charge in [-0.15, -0.1) is 0 Å². The van der Waals surface area contributed by atoms with E-state index in [2.05, 4.69) is 16.6 Å². The second-order valence-electron chi connectivity index (χ2n) is 7.64. The Morgan fingerprint density at radius 3 is 2.09 bits per heavy atom. The predicted molar refractivity (Wildman–Crippen MR) is 114 cm³/mol. The minimum Gasteiger partial charge on any atom is -0.435 e. The van der Waals surface area contributed by atoms with Crippen molar-refractivity contribution in [2.75, 3.05) is 7.05 Å². The first-order valence-corrected chi connectivity index (χ1v) is 9.58. The Labute approximate surface area is 183 Å². The van der Waals surface area contributed by atoms with E-state index in [1.165, 1.54) is 57.3 Å². The average molecular weight is 450 g/mol. The third-order valence-corrected chi connectivity index (χ3v) is 4.74. The van der Waals surface area contributed by atoms with E-state index < -0.39 is 23.8 Å². The molecule has 0 spiro atoms. The Morgan fingerprint density at radius 1 is 1.03 bits per heavy atom. The summed E-state index contributed by atoms with van der Waals surface area (Å²) in [7, 11) is 1.50. The molecule has 0 bridgehead atoms. The van der Waals surface area contributed by atoms with E-state index in [0.29, 0.717) is 12.5 Å². The third-order valence-electron chi connectivity index (χ3n) is 4.74. The van der Waals surface area contributed by atoms with Crippen LogP contribution in [0.15, 0.2) is 54.8 Å². The molecule has 0 amide bonds. The Morgan fingerprint density at radius 2 is 1.62 bits per heavy atom. The number of rotatable bonds is 8. The summed E-state index contributed by atoms with van der Waals surface area (Å²) in [5, 5.41) is 12.0. The first-order chi connectivity index (χ1) is 14.8. The number of hydrogen-bond acceptors (Lipinski definition) is 3. The maximum Gasteiger partial charge on any atom is 0.387 e. The number of nitrogens with one attached hydrogen (secondary N) is 1. The lowest BCUT2D eigenvalue weighted by Crippen LogP contribution is -2.14. The van der Waals surface area contributed by atoms with Crippen molar-refractivity contribution in [1.82, 2.24) is 5.32 Å². The summed E-state index contributed by atoms with van der Waals surface area (Å²) in [6, 6.07) is 9.58. The molecule has 0 aliphatic rings. The van der Waals surface area contributed by atoms with Crippen LogP contribution in [-0.4, -0.2) is 13.7 Å². The molecule has 0 radical (unpaired) electrons. The summed E-state index contributed by atoms with van der Waals surface area (Å²) < 4.78 is 73.3. The molecular weight excluding hydrogens is 427 g/mol.